The number of hydrogen-bond acceptors (Lipinski definition) is 2. The predicted octanol–water partition coefficient (Wildman–Crippen LogP) is 5.21. The summed E-state index contributed by atoms with van der Waals surface area (Å²) in [5.74, 6) is -0.598. The molecular weight excluding hydrogens is 530 g/mol. The molecule has 2 heterocycles. The molecule has 3 aromatic rings. The Balaban J connectivity index is 1.61. The van der Waals surface area contributed by atoms with Gasteiger partial charge in [0.2, 0.25) is 0 Å². The molecule has 1 saturated heterocycles. The van der Waals surface area contributed by atoms with E-state index in [0.29, 0.717) is 17.1 Å². The summed E-state index contributed by atoms with van der Waals surface area (Å²) < 4.78 is 44.5. The second-order valence-corrected chi connectivity index (χ2v) is 13.0. The Kier molecular flexibility index (Phi) is 6.06. The zero-order chi connectivity index (χ0) is 21.3. The second kappa shape index (κ2) is 8.58. The van der Waals surface area contributed by atoms with Crippen molar-refractivity contribution >= 4 is 37.3 Å². The zero-order valence-electron chi connectivity index (χ0n) is 15.7. The molecule has 158 valence electrons. The average Bonchev–Trinajstić information content (AvgIpc) is 3.46. The standard InChI is InChI=1S/C21H18ClF3IN3O/c22-15-6-2-1-5-14(15)9-12-27-20(30)18-13-19(21(23,24)25)28-29(18)17-8-4-3-7-16(17)26-10-11-26/h1-8,13H,9-12H2,(H,27,30). The topological polar surface area (TPSA) is 46.9 Å². The monoisotopic (exact) mass is 547 g/mol. The maximum atomic E-state index is 13.3. The van der Waals surface area contributed by atoms with Gasteiger partial charge in [0, 0.05) is 0 Å². The van der Waals surface area contributed by atoms with Crippen LogP contribution in [0, 0.1) is 3.57 Å². The molecule has 30 heavy (non-hydrogen) atoms. The number of nitrogens with zero attached hydrogens (tertiary/aromatic N) is 2. The van der Waals surface area contributed by atoms with Gasteiger partial charge in [-0.05, 0) is 0 Å². The number of rotatable bonds is 6. The van der Waals surface area contributed by atoms with Crippen LogP contribution in [-0.2, 0) is 12.6 Å². The quantitative estimate of drug-likeness (QED) is 0.340. The van der Waals surface area contributed by atoms with Gasteiger partial charge in [0.05, 0.1) is 0 Å². The van der Waals surface area contributed by atoms with Crippen molar-refractivity contribution in [1.29, 1.82) is 0 Å². The van der Waals surface area contributed by atoms with E-state index in [0.717, 1.165) is 28.7 Å². The summed E-state index contributed by atoms with van der Waals surface area (Å²) >= 11 is 4.81. The number of aromatic nitrogens is 2. The summed E-state index contributed by atoms with van der Waals surface area (Å²) in [7, 11) is 0. The molecule has 0 bridgehead atoms. The fourth-order valence-electron chi connectivity index (χ4n) is 3.06. The number of alkyl halides is 5. The molecule has 0 aliphatic carbocycles. The van der Waals surface area contributed by atoms with Crippen molar-refractivity contribution in [3.8, 4) is 5.69 Å². The molecule has 4 nitrogen and oxygen atoms in total. The van der Waals surface area contributed by atoms with Gasteiger partial charge in [0.25, 0.3) is 0 Å². The van der Waals surface area contributed by atoms with Crippen molar-refractivity contribution in [2.24, 2.45) is 0 Å². The predicted molar refractivity (Wildman–Crippen MR) is 119 cm³/mol. The molecule has 0 saturated carbocycles. The van der Waals surface area contributed by atoms with Gasteiger partial charge in [0.15, 0.2) is 0 Å². The second-order valence-electron chi connectivity index (χ2n) is 6.71. The molecule has 0 radical (unpaired) electrons. The number of para-hydroxylation sites is 1. The molecular formula is C21H18ClF3IN3O. The first-order valence-corrected chi connectivity index (χ1v) is 13.8. The van der Waals surface area contributed by atoms with Crippen LogP contribution in [0.15, 0.2) is 54.6 Å². The number of benzene rings is 2. The summed E-state index contributed by atoms with van der Waals surface area (Å²) in [6.45, 7) is 0.245. The van der Waals surface area contributed by atoms with Crippen molar-refractivity contribution in [3.63, 3.8) is 0 Å². The van der Waals surface area contributed by atoms with E-state index in [1.807, 2.05) is 30.3 Å². The molecule has 1 amide bonds. The SMILES string of the molecule is O=C(NCCc1ccccc1Cl)c1cc(C(F)(F)F)nn1-c1ccccc1I1CC1. The molecule has 0 spiro atoms. The fourth-order valence-corrected chi connectivity index (χ4v) is 7.93. The molecule has 1 aliphatic heterocycles. The zero-order valence-corrected chi connectivity index (χ0v) is 18.6. The van der Waals surface area contributed by atoms with Crippen molar-refractivity contribution in [1.82, 2.24) is 15.1 Å². The van der Waals surface area contributed by atoms with Crippen LogP contribution in [0.1, 0.15) is 21.7 Å². The van der Waals surface area contributed by atoms with Gasteiger partial charge in [0.1, 0.15) is 0 Å². The van der Waals surface area contributed by atoms with Crippen LogP contribution in [0.2, 0.25) is 5.02 Å². The number of nitrogens with one attached hydrogen (secondary N) is 1. The number of halogens is 5. The Labute approximate surface area is 183 Å². The van der Waals surface area contributed by atoms with E-state index in [-0.39, 0.29) is 12.2 Å². The summed E-state index contributed by atoms with van der Waals surface area (Å²) in [5, 5.41) is 7.04. The molecule has 0 atom stereocenters. The fraction of sp³-hybridized carbons (Fsp3) is 0.238. The van der Waals surface area contributed by atoms with Gasteiger partial charge >= 0.3 is 184 Å². The molecule has 2 aromatic carbocycles. The van der Waals surface area contributed by atoms with Crippen LogP contribution < -0.4 is 5.32 Å². The molecule has 0 unspecified atom stereocenters. The third-order valence-electron chi connectivity index (χ3n) is 4.62. The maximum absolute atomic E-state index is 13.3. The molecule has 1 N–H and O–H groups in total. The Bertz CT molecular complexity index is 1080. The number of carbonyl (C=O) groups is 1. The van der Waals surface area contributed by atoms with Gasteiger partial charge in [-0.2, -0.15) is 0 Å². The minimum atomic E-state index is -4.63. The normalized spacial score (nSPS) is 14.6. The van der Waals surface area contributed by atoms with E-state index in [1.54, 1.807) is 18.2 Å². The Morgan fingerprint density at radius 3 is 2.53 bits per heavy atom. The molecule has 1 aromatic heterocycles. The minimum absolute atomic E-state index is 0.119. The van der Waals surface area contributed by atoms with Gasteiger partial charge in [-0.25, -0.2) is 0 Å². The molecule has 1 fully saturated rings. The van der Waals surface area contributed by atoms with Gasteiger partial charge in [-0.3, -0.25) is 0 Å². The Morgan fingerprint density at radius 1 is 1.13 bits per heavy atom. The molecule has 4 rings (SSSR count). The summed E-state index contributed by atoms with van der Waals surface area (Å²) in [5.41, 5.74) is 0.238. The van der Waals surface area contributed by atoms with Gasteiger partial charge in [-0.15, -0.1) is 0 Å². The summed E-state index contributed by atoms with van der Waals surface area (Å²) in [6.07, 6.45) is -4.16. The van der Waals surface area contributed by atoms with E-state index in [4.69, 9.17) is 11.6 Å². The van der Waals surface area contributed by atoms with Gasteiger partial charge in [-0.1, -0.05) is 0 Å². The van der Waals surface area contributed by atoms with E-state index in [2.05, 4.69) is 10.4 Å². The Morgan fingerprint density at radius 2 is 1.83 bits per heavy atom. The van der Waals surface area contributed by atoms with Crippen LogP contribution >= 0.6 is 31.4 Å². The average molecular weight is 548 g/mol. The molecule has 1 aliphatic rings. The molecule has 9 heteroatoms. The van der Waals surface area contributed by atoms with Crippen LogP contribution in [0.5, 0.6) is 0 Å². The van der Waals surface area contributed by atoms with Crippen LogP contribution in [0.25, 0.3) is 5.69 Å². The van der Waals surface area contributed by atoms with Crippen LogP contribution in [0.3, 0.4) is 0 Å². The first-order chi connectivity index (χ1) is 14.3. The number of amides is 1. The van der Waals surface area contributed by atoms with Crippen molar-refractivity contribution in [2.75, 3.05) is 15.4 Å². The van der Waals surface area contributed by atoms with Crippen molar-refractivity contribution in [3.05, 3.63) is 80.1 Å². The third kappa shape index (κ3) is 4.64. The van der Waals surface area contributed by atoms with Crippen LogP contribution in [0.4, 0.5) is 13.2 Å². The van der Waals surface area contributed by atoms with Gasteiger partial charge < -0.3 is 0 Å². The third-order valence-corrected chi connectivity index (χ3v) is 9.70. The van der Waals surface area contributed by atoms with E-state index >= 15 is 0 Å². The number of hydrogen-bond donors (Lipinski definition) is 1. The Hall–Kier alpha value is -2.07. The van der Waals surface area contributed by atoms with E-state index in [9.17, 15) is 18.0 Å². The van der Waals surface area contributed by atoms with E-state index < -0.39 is 37.6 Å². The first-order valence-electron chi connectivity index (χ1n) is 9.24. The van der Waals surface area contributed by atoms with Crippen LogP contribution in [-0.4, -0.2) is 31.1 Å². The van der Waals surface area contributed by atoms with Crippen molar-refractivity contribution < 1.29 is 18.0 Å². The number of carbonyl (C=O) groups excluding carboxylic acids is 1. The van der Waals surface area contributed by atoms with E-state index in [1.165, 1.54) is 0 Å². The summed E-state index contributed by atoms with van der Waals surface area (Å²) in [4.78, 5) is 12.8. The first kappa shape index (κ1) is 21.2. The van der Waals surface area contributed by atoms with Crippen molar-refractivity contribution in [2.45, 2.75) is 12.6 Å². The summed E-state index contributed by atoms with van der Waals surface area (Å²) in [6, 6.07) is 15.4.